The minimum Gasteiger partial charge on any atom is -0.311 e. The second-order valence-corrected chi connectivity index (χ2v) is 6.47. The van der Waals surface area contributed by atoms with E-state index in [2.05, 4.69) is 42.3 Å². The average Bonchev–Trinajstić information content (AvgIpc) is 2.82. The van der Waals surface area contributed by atoms with Crippen LogP contribution in [0.4, 0.5) is 0 Å². The molecule has 0 bridgehead atoms. The summed E-state index contributed by atoms with van der Waals surface area (Å²) in [6, 6.07) is 1.34. The van der Waals surface area contributed by atoms with Gasteiger partial charge in [0.2, 0.25) is 0 Å². The van der Waals surface area contributed by atoms with Crippen LogP contribution in [-0.2, 0) is 13.5 Å². The highest BCUT2D eigenvalue weighted by Crippen LogP contribution is 2.17. The highest BCUT2D eigenvalue weighted by atomic mass is 15.2. The van der Waals surface area contributed by atoms with Crippen LogP contribution in [0.3, 0.4) is 0 Å². The van der Waals surface area contributed by atoms with Gasteiger partial charge in [-0.15, -0.1) is 0 Å². The van der Waals surface area contributed by atoms with E-state index in [-0.39, 0.29) is 0 Å². The molecule has 2 rings (SSSR count). The monoisotopic (exact) mass is 278 g/mol. The first-order valence-electron chi connectivity index (χ1n) is 8.05. The zero-order valence-corrected chi connectivity index (χ0v) is 13.5. The Bertz CT molecular complexity index is 399. The number of piperazine rings is 1. The second-order valence-electron chi connectivity index (χ2n) is 6.47. The number of rotatable bonds is 6. The molecule has 0 radical (unpaired) electrons. The van der Waals surface area contributed by atoms with Crippen molar-refractivity contribution in [2.24, 2.45) is 13.0 Å². The predicted molar refractivity (Wildman–Crippen MR) is 83.8 cm³/mol. The Hall–Kier alpha value is -0.870. The van der Waals surface area contributed by atoms with Crippen molar-refractivity contribution in [2.45, 2.75) is 52.1 Å². The van der Waals surface area contributed by atoms with Crippen LogP contribution in [-0.4, -0.2) is 46.4 Å². The van der Waals surface area contributed by atoms with E-state index in [0.29, 0.717) is 18.0 Å². The summed E-state index contributed by atoms with van der Waals surface area (Å²) in [7, 11) is 1.99. The maximum absolute atomic E-state index is 4.26. The van der Waals surface area contributed by atoms with E-state index in [0.717, 1.165) is 19.5 Å². The topological polar surface area (TPSA) is 33.1 Å². The normalized spacial score (nSPS) is 24.4. The Morgan fingerprint density at radius 2 is 2.25 bits per heavy atom. The van der Waals surface area contributed by atoms with E-state index >= 15 is 0 Å². The van der Waals surface area contributed by atoms with Gasteiger partial charge in [0.05, 0.1) is 6.20 Å². The molecule has 2 atom stereocenters. The molecule has 1 aliphatic rings. The molecule has 2 unspecified atom stereocenters. The Morgan fingerprint density at radius 1 is 1.45 bits per heavy atom. The Morgan fingerprint density at radius 3 is 2.85 bits per heavy atom. The van der Waals surface area contributed by atoms with Gasteiger partial charge in [-0.3, -0.25) is 9.58 Å². The van der Waals surface area contributed by atoms with Crippen LogP contribution in [0.25, 0.3) is 0 Å². The maximum atomic E-state index is 4.26. The third-order valence-electron chi connectivity index (χ3n) is 4.39. The quantitative estimate of drug-likeness (QED) is 0.864. The molecular formula is C16H30N4. The van der Waals surface area contributed by atoms with Crippen molar-refractivity contribution in [3.8, 4) is 0 Å². The lowest BCUT2D eigenvalue weighted by molar-refractivity contribution is 0.0969. The summed E-state index contributed by atoms with van der Waals surface area (Å²) >= 11 is 0. The summed E-state index contributed by atoms with van der Waals surface area (Å²) in [6.07, 6.45) is 7.79. The van der Waals surface area contributed by atoms with Gasteiger partial charge < -0.3 is 5.32 Å². The molecule has 1 aliphatic heterocycles. The summed E-state index contributed by atoms with van der Waals surface area (Å²) in [4.78, 5) is 2.69. The Kier molecular flexibility index (Phi) is 5.61. The van der Waals surface area contributed by atoms with Gasteiger partial charge in [-0.1, -0.05) is 27.2 Å². The number of nitrogens with one attached hydrogen (secondary N) is 1. The fraction of sp³-hybridized carbons (Fsp3) is 0.812. The minimum atomic E-state index is 0.666. The number of hydrogen-bond donors (Lipinski definition) is 1. The van der Waals surface area contributed by atoms with Crippen molar-refractivity contribution >= 4 is 0 Å². The molecular weight excluding hydrogens is 248 g/mol. The van der Waals surface area contributed by atoms with E-state index < -0.39 is 0 Å². The molecule has 1 saturated heterocycles. The highest BCUT2D eigenvalue weighted by Gasteiger charge is 2.28. The number of aryl methyl sites for hydroxylation is 1. The summed E-state index contributed by atoms with van der Waals surface area (Å²) in [5.74, 6) is 0.707. The molecule has 4 nitrogen and oxygen atoms in total. The number of hydrogen-bond acceptors (Lipinski definition) is 3. The summed E-state index contributed by atoms with van der Waals surface area (Å²) in [5.41, 5.74) is 1.35. The average molecular weight is 278 g/mol. The van der Waals surface area contributed by atoms with Crippen molar-refractivity contribution < 1.29 is 0 Å². The first-order chi connectivity index (χ1) is 9.60. The molecule has 20 heavy (non-hydrogen) atoms. The third-order valence-corrected chi connectivity index (χ3v) is 4.39. The molecule has 1 aromatic heterocycles. The van der Waals surface area contributed by atoms with E-state index in [1.54, 1.807) is 0 Å². The molecule has 0 aromatic carbocycles. The lowest BCUT2D eigenvalue weighted by Gasteiger charge is -2.42. The fourth-order valence-electron chi connectivity index (χ4n) is 3.23. The van der Waals surface area contributed by atoms with E-state index in [9.17, 15) is 0 Å². The van der Waals surface area contributed by atoms with Crippen LogP contribution in [0, 0.1) is 5.92 Å². The predicted octanol–water partition coefficient (Wildman–Crippen LogP) is 2.06. The van der Waals surface area contributed by atoms with Crippen molar-refractivity contribution in [3.05, 3.63) is 18.0 Å². The summed E-state index contributed by atoms with van der Waals surface area (Å²) in [5, 5.41) is 7.99. The van der Waals surface area contributed by atoms with Crippen molar-refractivity contribution in [1.29, 1.82) is 0 Å². The smallest absolute Gasteiger partial charge is 0.0522 e. The van der Waals surface area contributed by atoms with Crippen molar-refractivity contribution in [1.82, 2.24) is 20.0 Å². The lowest BCUT2D eigenvalue weighted by Crippen LogP contribution is -2.58. The van der Waals surface area contributed by atoms with Crippen molar-refractivity contribution in [2.75, 3.05) is 19.6 Å². The van der Waals surface area contributed by atoms with Gasteiger partial charge >= 0.3 is 0 Å². The first-order valence-corrected chi connectivity index (χ1v) is 8.05. The molecule has 114 valence electrons. The van der Waals surface area contributed by atoms with Crippen LogP contribution in [0.1, 0.15) is 39.2 Å². The second kappa shape index (κ2) is 7.23. The van der Waals surface area contributed by atoms with Gasteiger partial charge in [0, 0.05) is 45.0 Å². The van der Waals surface area contributed by atoms with Gasteiger partial charge in [-0.2, -0.15) is 5.10 Å². The highest BCUT2D eigenvalue weighted by molar-refractivity contribution is 5.04. The van der Waals surface area contributed by atoms with Crippen LogP contribution in [0.5, 0.6) is 0 Å². The lowest BCUT2D eigenvalue weighted by atomic mass is 9.96. The fourth-order valence-corrected chi connectivity index (χ4v) is 3.23. The zero-order chi connectivity index (χ0) is 14.5. The van der Waals surface area contributed by atoms with Gasteiger partial charge in [-0.05, 0) is 24.3 Å². The Balaban J connectivity index is 1.92. The largest absolute Gasteiger partial charge is 0.311 e. The van der Waals surface area contributed by atoms with Gasteiger partial charge in [0.15, 0.2) is 0 Å². The summed E-state index contributed by atoms with van der Waals surface area (Å²) < 4.78 is 1.90. The standard InChI is InChI=1S/C16H30N4/c1-5-6-15-12-20(16(10-17-15)13(2)3)8-7-14-9-18-19(4)11-14/h9,11,13,15-17H,5-8,10,12H2,1-4H3. The molecule has 0 amide bonds. The van der Waals surface area contributed by atoms with Gasteiger partial charge in [-0.25, -0.2) is 0 Å². The molecule has 1 aromatic rings. The SMILES string of the molecule is CCCC1CN(CCc2cnn(C)c2)C(C(C)C)CN1. The van der Waals surface area contributed by atoms with E-state index in [4.69, 9.17) is 0 Å². The van der Waals surface area contributed by atoms with E-state index in [1.807, 2.05) is 17.9 Å². The molecule has 0 saturated carbocycles. The van der Waals surface area contributed by atoms with Crippen LogP contribution in [0.15, 0.2) is 12.4 Å². The van der Waals surface area contributed by atoms with Crippen LogP contribution < -0.4 is 5.32 Å². The first kappa shape index (κ1) is 15.5. The maximum Gasteiger partial charge on any atom is 0.0522 e. The molecule has 1 fully saturated rings. The molecule has 0 aliphatic carbocycles. The third kappa shape index (κ3) is 4.06. The zero-order valence-electron chi connectivity index (χ0n) is 13.5. The van der Waals surface area contributed by atoms with Crippen LogP contribution in [0.2, 0.25) is 0 Å². The van der Waals surface area contributed by atoms with E-state index in [1.165, 1.54) is 24.9 Å². The van der Waals surface area contributed by atoms with Gasteiger partial charge in [0.1, 0.15) is 0 Å². The Labute approximate surface area is 123 Å². The summed E-state index contributed by atoms with van der Waals surface area (Å²) in [6.45, 7) is 10.4. The van der Waals surface area contributed by atoms with Crippen LogP contribution >= 0.6 is 0 Å². The molecule has 0 spiro atoms. The molecule has 1 N–H and O–H groups in total. The van der Waals surface area contributed by atoms with Crippen molar-refractivity contribution in [3.63, 3.8) is 0 Å². The number of aromatic nitrogens is 2. The van der Waals surface area contributed by atoms with Gasteiger partial charge in [0.25, 0.3) is 0 Å². The minimum absolute atomic E-state index is 0.666. The molecule has 2 heterocycles. The number of nitrogens with zero attached hydrogens (tertiary/aromatic N) is 3. The molecule has 4 heteroatoms.